The lowest BCUT2D eigenvalue weighted by molar-refractivity contribution is 0.463. The smallest absolute Gasteiger partial charge is 0.260 e. The normalized spacial score (nSPS) is 13.1. The summed E-state index contributed by atoms with van der Waals surface area (Å²) in [7, 11) is 0. The standard InChI is InChI=1S/C33H24BNO2/c1-19-12-13-25-29(14-19)36-31-17-22(35-27-10-6-4-8-23(27)24-9-5-7-11-28(24)35)18-32-33(31)34(25)26-15-20(2)21(3)16-30(26)37-32/h4-18H,1-3H3. The fourth-order valence-electron chi connectivity index (χ4n) is 6.18. The minimum Gasteiger partial charge on any atom is -0.458 e. The average Bonchev–Trinajstić information content (AvgIpc) is 3.23. The Morgan fingerprint density at radius 3 is 1.84 bits per heavy atom. The van der Waals surface area contributed by atoms with Crippen molar-refractivity contribution in [3.8, 4) is 28.7 Å². The first-order valence-electron chi connectivity index (χ1n) is 12.8. The summed E-state index contributed by atoms with van der Waals surface area (Å²) in [5, 5.41) is 2.48. The van der Waals surface area contributed by atoms with E-state index < -0.39 is 0 Å². The molecule has 0 saturated carbocycles. The zero-order chi connectivity index (χ0) is 24.8. The van der Waals surface area contributed by atoms with Crippen LogP contribution in [0.15, 0.2) is 91.0 Å². The summed E-state index contributed by atoms with van der Waals surface area (Å²) in [4.78, 5) is 0. The molecule has 176 valence electrons. The van der Waals surface area contributed by atoms with Gasteiger partial charge in [0, 0.05) is 28.4 Å². The molecule has 0 fully saturated rings. The van der Waals surface area contributed by atoms with E-state index in [1.807, 2.05) is 0 Å². The van der Waals surface area contributed by atoms with Gasteiger partial charge >= 0.3 is 0 Å². The van der Waals surface area contributed by atoms with Crippen molar-refractivity contribution in [2.24, 2.45) is 0 Å². The summed E-state index contributed by atoms with van der Waals surface area (Å²) >= 11 is 0. The lowest BCUT2D eigenvalue weighted by Crippen LogP contribution is -2.57. The number of benzene rings is 5. The number of aryl methyl sites for hydroxylation is 3. The van der Waals surface area contributed by atoms with Crippen molar-refractivity contribution < 1.29 is 9.47 Å². The van der Waals surface area contributed by atoms with Crippen LogP contribution in [-0.4, -0.2) is 11.3 Å². The van der Waals surface area contributed by atoms with E-state index in [2.05, 4.69) is 116 Å². The maximum absolute atomic E-state index is 6.67. The van der Waals surface area contributed by atoms with Crippen LogP contribution in [0.25, 0.3) is 27.5 Å². The molecule has 0 aliphatic carbocycles. The molecule has 0 N–H and O–H groups in total. The Morgan fingerprint density at radius 1 is 0.568 bits per heavy atom. The van der Waals surface area contributed by atoms with Crippen LogP contribution >= 0.6 is 0 Å². The van der Waals surface area contributed by atoms with Crippen molar-refractivity contribution in [3.63, 3.8) is 0 Å². The minimum atomic E-state index is 0.0737. The van der Waals surface area contributed by atoms with Crippen molar-refractivity contribution in [2.45, 2.75) is 20.8 Å². The summed E-state index contributed by atoms with van der Waals surface area (Å²) in [6.45, 7) is 6.51. The van der Waals surface area contributed by atoms with E-state index in [1.54, 1.807) is 0 Å². The maximum Gasteiger partial charge on any atom is 0.260 e. The quantitative estimate of drug-likeness (QED) is 0.254. The lowest BCUT2D eigenvalue weighted by atomic mass is 9.34. The predicted octanol–water partition coefficient (Wildman–Crippen LogP) is 6.44. The highest BCUT2D eigenvalue weighted by molar-refractivity contribution is 6.98. The molecule has 8 rings (SSSR count). The molecule has 0 atom stereocenters. The second-order valence-corrected chi connectivity index (χ2v) is 10.4. The van der Waals surface area contributed by atoms with E-state index in [4.69, 9.17) is 9.47 Å². The number of hydrogen-bond donors (Lipinski definition) is 0. The summed E-state index contributed by atoms with van der Waals surface area (Å²) in [5.41, 5.74) is 10.6. The van der Waals surface area contributed by atoms with E-state index in [0.29, 0.717) is 0 Å². The molecule has 0 spiro atoms. The largest absolute Gasteiger partial charge is 0.458 e. The van der Waals surface area contributed by atoms with E-state index in [9.17, 15) is 0 Å². The molecular formula is C33H24BNO2. The van der Waals surface area contributed by atoms with Crippen LogP contribution in [0.3, 0.4) is 0 Å². The molecule has 0 bridgehead atoms. The predicted molar refractivity (Wildman–Crippen MR) is 153 cm³/mol. The molecular weight excluding hydrogens is 453 g/mol. The minimum absolute atomic E-state index is 0.0737. The molecule has 37 heavy (non-hydrogen) atoms. The lowest BCUT2D eigenvalue weighted by Gasteiger charge is -2.34. The van der Waals surface area contributed by atoms with Crippen LogP contribution in [0.5, 0.6) is 23.0 Å². The fraction of sp³-hybridized carbons (Fsp3) is 0.0909. The topological polar surface area (TPSA) is 23.4 Å². The molecule has 4 heteroatoms. The molecule has 1 aromatic heterocycles. The third-order valence-electron chi connectivity index (χ3n) is 8.07. The Bertz CT molecular complexity index is 1860. The molecule has 0 amide bonds. The second-order valence-electron chi connectivity index (χ2n) is 10.4. The van der Waals surface area contributed by atoms with Gasteiger partial charge in [-0.2, -0.15) is 0 Å². The molecule has 3 heterocycles. The third-order valence-corrected chi connectivity index (χ3v) is 8.07. The zero-order valence-electron chi connectivity index (χ0n) is 21.0. The van der Waals surface area contributed by atoms with E-state index in [-0.39, 0.29) is 6.71 Å². The molecule has 2 aliphatic heterocycles. The van der Waals surface area contributed by atoms with Crippen molar-refractivity contribution in [2.75, 3.05) is 0 Å². The summed E-state index contributed by atoms with van der Waals surface area (Å²) in [6.07, 6.45) is 0. The van der Waals surface area contributed by atoms with Crippen molar-refractivity contribution >= 4 is 44.9 Å². The first kappa shape index (κ1) is 20.7. The van der Waals surface area contributed by atoms with Crippen molar-refractivity contribution in [1.29, 1.82) is 0 Å². The van der Waals surface area contributed by atoms with Crippen molar-refractivity contribution in [3.05, 3.63) is 108 Å². The summed E-state index contributed by atoms with van der Waals surface area (Å²) < 4.78 is 15.6. The molecule has 3 nitrogen and oxygen atoms in total. The zero-order valence-corrected chi connectivity index (χ0v) is 21.0. The van der Waals surface area contributed by atoms with Gasteiger partial charge in [0.1, 0.15) is 23.0 Å². The number of fused-ring (bicyclic) bond motifs is 7. The fourth-order valence-corrected chi connectivity index (χ4v) is 6.18. The van der Waals surface area contributed by atoms with Gasteiger partial charge in [0.15, 0.2) is 0 Å². The first-order chi connectivity index (χ1) is 18.1. The van der Waals surface area contributed by atoms with Gasteiger partial charge in [0.2, 0.25) is 0 Å². The number of aromatic nitrogens is 1. The van der Waals surface area contributed by atoms with Crippen LogP contribution in [0.4, 0.5) is 0 Å². The molecule has 6 aromatic rings. The second kappa shape index (κ2) is 7.30. The van der Waals surface area contributed by atoms with E-state index in [1.165, 1.54) is 49.4 Å². The van der Waals surface area contributed by atoms with Gasteiger partial charge in [0.05, 0.1) is 16.7 Å². The highest BCUT2D eigenvalue weighted by atomic mass is 16.5. The molecule has 2 aliphatic rings. The van der Waals surface area contributed by atoms with Gasteiger partial charge in [-0.05, 0) is 72.7 Å². The van der Waals surface area contributed by atoms with Gasteiger partial charge in [0.25, 0.3) is 6.71 Å². The van der Waals surface area contributed by atoms with Gasteiger partial charge in [-0.1, -0.05) is 54.6 Å². The highest BCUT2D eigenvalue weighted by Crippen LogP contribution is 2.39. The molecule has 0 radical (unpaired) electrons. The van der Waals surface area contributed by atoms with Crippen LogP contribution in [-0.2, 0) is 0 Å². The van der Waals surface area contributed by atoms with Crippen LogP contribution in [0.2, 0.25) is 0 Å². The monoisotopic (exact) mass is 477 g/mol. The number of para-hydroxylation sites is 2. The van der Waals surface area contributed by atoms with Gasteiger partial charge < -0.3 is 14.0 Å². The SMILES string of the molecule is Cc1ccc2c(c1)Oc1cc(-n3c4ccccc4c4ccccc43)cc3c1B2c1cc(C)c(C)cc1O3. The Balaban J connectivity index is 1.44. The highest BCUT2D eigenvalue weighted by Gasteiger charge is 2.40. The molecule has 0 unspecified atom stereocenters. The van der Waals surface area contributed by atoms with Crippen molar-refractivity contribution in [1.82, 2.24) is 4.57 Å². The molecule has 5 aromatic carbocycles. The van der Waals surface area contributed by atoms with Gasteiger partial charge in [-0.15, -0.1) is 0 Å². The number of nitrogens with zero attached hydrogens (tertiary/aromatic N) is 1. The van der Waals surface area contributed by atoms with E-state index >= 15 is 0 Å². The average molecular weight is 477 g/mol. The Kier molecular flexibility index (Phi) is 4.09. The summed E-state index contributed by atoms with van der Waals surface area (Å²) in [5.74, 6) is 3.58. The third kappa shape index (κ3) is 2.84. The van der Waals surface area contributed by atoms with Crippen LogP contribution < -0.4 is 25.9 Å². The molecule has 0 saturated heterocycles. The maximum atomic E-state index is 6.67. The first-order valence-corrected chi connectivity index (χ1v) is 12.8. The number of ether oxygens (including phenoxy) is 2. The Morgan fingerprint density at radius 2 is 1.16 bits per heavy atom. The Hall–Kier alpha value is -4.44. The summed E-state index contributed by atoms with van der Waals surface area (Å²) in [6, 6.07) is 32.6. The Labute approximate surface area is 216 Å². The van der Waals surface area contributed by atoms with Crippen LogP contribution in [0, 0.1) is 20.8 Å². The van der Waals surface area contributed by atoms with Gasteiger partial charge in [-0.25, -0.2) is 0 Å². The van der Waals surface area contributed by atoms with Crippen LogP contribution in [0.1, 0.15) is 16.7 Å². The number of hydrogen-bond acceptors (Lipinski definition) is 2. The number of rotatable bonds is 1. The van der Waals surface area contributed by atoms with Gasteiger partial charge in [-0.3, -0.25) is 0 Å². The van der Waals surface area contributed by atoms with E-state index in [0.717, 1.165) is 34.1 Å².